The number of carbonyl (C=O) groups excluding carboxylic acids is 2. The third kappa shape index (κ3) is 4.52. The summed E-state index contributed by atoms with van der Waals surface area (Å²) in [6.45, 7) is 1.69. The first kappa shape index (κ1) is 20.1. The van der Waals surface area contributed by atoms with E-state index in [2.05, 4.69) is 10.3 Å². The van der Waals surface area contributed by atoms with Gasteiger partial charge in [0.15, 0.2) is 0 Å². The molecule has 1 N–H and O–H groups in total. The minimum absolute atomic E-state index is 0.147. The van der Waals surface area contributed by atoms with E-state index in [0.717, 1.165) is 31.2 Å². The van der Waals surface area contributed by atoms with Gasteiger partial charge < -0.3 is 14.5 Å². The molecule has 1 aliphatic rings. The molecule has 0 atom stereocenters. The van der Waals surface area contributed by atoms with Gasteiger partial charge in [-0.2, -0.15) is 0 Å². The number of aliphatic imine (C=N–C) groups is 1. The summed E-state index contributed by atoms with van der Waals surface area (Å²) in [6, 6.07) is 10.8. The van der Waals surface area contributed by atoms with Crippen LogP contribution in [0.15, 0.2) is 52.1 Å². The zero-order valence-electron chi connectivity index (χ0n) is 16.6. The van der Waals surface area contributed by atoms with Crippen molar-refractivity contribution >= 4 is 34.4 Å². The summed E-state index contributed by atoms with van der Waals surface area (Å²) in [4.78, 5) is 30.2. The van der Waals surface area contributed by atoms with Crippen LogP contribution in [0.5, 0.6) is 5.75 Å². The lowest BCUT2D eigenvalue weighted by atomic mass is 9.95. The van der Waals surface area contributed by atoms with Crippen LogP contribution >= 0.6 is 11.3 Å². The third-order valence-electron chi connectivity index (χ3n) is 4.88. The van der Waals surface area contributed by atoms with E-state index in [1.54, 1.807) is 42.0 Å². The largest absolute Gasteiger partial charge is 0.467 e. The van der Waals surface area contributed by atoms with Crippen LogP contribution in [-0.4, -0.2) is 18.1 Å². The lowest BCUT2D eigenvalue weighted by Crippen LogP contribution is -2.23. The van der Waals surface area contributed by atoms with Crippen molar-refractivity contribution in [3.63, 3.8) is 0 Å². The molecule has 1 aromatic carbocycles. The zero-order valence-corrected chi connectivity index (χ0v) is 17.5. The molecule has 0 unspecified atom stereocenters. The highest BCUT2D eigenvalue weighted by atomic mass is 32.1. The molecule has 2 aromatic heterocycles. The molecule has 0 bridgehead atoms. The monoisotopic (exact) mass is 422 g/mol. The number of nitrogens with zero attached hydrogens (tertiary/aromatic N) is 1. The highest BCUT2D eigenvalue weighted by molar-refractivity contribution is 7.16. The van der Waals surface area contributed by atoms with Crippen molar-refractivity contribution in [2.75, 3.05) is 0 Å². The van der Waals surface area contributed by atoms with E-state index in [4.69, 9.17) is 9.15 Å². The topological polar surface area (TPSA) is 80.9 Å². The first-order valence-corrected chi connectivity index (χ1v) is 10.7. The number of furan rings is 1. The summed E-state index contributed by atoms with van der Waals surface area (Å²) >= 11 is 1.56. The number of ether oxygens (including phenoxy) is 1. The van der Waals surface area contributed by atoms with E-state index >= 15 is 0 Å². The molecule has 1 amide bonds. The number of hydrogen-bond acceptors (Lipinski definition) is 6. The van der Waals surface area contributed by atoms with Crippen LogP contribution in [0.25, 0.3) is 0 Å². The summed E-state index contributed by atoms with van der Waals surface area (Å²) in [6.07, 6.45) is 7.29. The van der Waals surface area contributed by atoms with Gasteiger partial charge in [-0.1, -0.05) is 12.1 Å². The van der Waals surface area contributed by atoms with Gasteiger partial charge in [0.05, 0.1) is 18.4 Å². The molecule has 2 heterocycles. The third-order valence-corrected chi connectivity index (χ3v) is 6.08. The van der Waals surface area contributed by atoms with Crippen molar-refractivity contribution in [2.45, 2.75) is 39.2 Å². The number of thiophene rings is 1. The van der Waals surface area contributed by atoms with Crippen molar-refractivity contribution in [3.8, 4) is 5.75 Å². The van der Waals surface area contributed by atoms with Gasteiger partial charge in [-0.25, -0.2) is 4.99 Å². The van der Waals surface area contributed by atoms with Crippen LogP contribution in [-0.2, 0) is 24.2 Å². The molecule has 3 aromatic rings. The van der Waals surface area contributed by atoms with Crippen molar-refractivity contribution < 1.29 is 18.7 Å². The highest BCUT2D eigenvalue weighted by Crippen LogP contribution is 2.40. The Labute approximate surface area is 178 Å². The molecule has 0 saturated heterocycles. The molecule has 7 heteroatoms. The quantitative estimate of drug-likeness (QED) is 0.351. The maximum absolute atomic E-state index is 13.0. The Kier molecular flexibility index (Phi) is 6.09. The smallest absolute Gasteiger partial charge is 0.308 e. The van der Waals surface area contributed by atoms with Gasteiger partial charge in [0.2, 0.25) is 0 Å². The first-order chi connectivity index (χ1) is 14.6. The fraction of sp³-hybridized carbons (Fsp3) is 0.261. The van der Waals surface area contributed by atoms with E-state index < -0.39 is 0 Å². The maximum atomic E-state index is 13.0. The molecule has 1 aliphatic carbocycles. The van der Waals surface area contributed by atoms with Crippen LogP contribution < -0.4 is 10.1 Å². The number of hydrogen-bond donors (Lipinski definition) is 1. The molecule has 0 saturated carbocycles. The van der Waals surface area contributed by atoms with Crippen LogP contribution in [0.3, 0.4) is 0 Å². The number of carbonyl (C=O) groups is 2. The Bertz CT molecular complexity index is 1080. The first-order valence-electron chi connectivity index (χ1n) is 9.88. The molecule has 0 radical (unpaired) electrons. The van der Waals surface area contributed by atoms with Gasteiger partial charge >= 0.3 is 5.97 Å². The summed E-state index contributed by atoms with van der Waals surface area (Å²) in [5, 5.41) is 3.62. The van der Waals surface area contributed by atoms with Crippen molar-refractivity contribution in [1.82, 2.24) is 5.32 Å². The number of rotatable bonds is 6. The van der Waals surface area contributed by atoms with E-state index in [9.17, 15) is 9.59 Å². The molecule has 0 spiro atoms. The lowest BCUT2D eigenvalue weighted by Gasteiger charge is -2.12. The second-order valence-corrected chi connectivity index (χ2v) is 8.13. The van der Waals surface area contributed by atoms with Crippen LogP contribution in [0, 0.1) is 0 Å². The number of para-hydroxylation sites is 1. The van der Waals surface area contributed by atoms with Gasteiger partial charge in [0.1, 0.15) is 16.5 Å². The predicted octanol–water partition coefficient (Wildman–Crippen LogP) is 4.83. The summed E-state index contributed by atoms with van der Waals surface area (Å²) < 4.78 is 10.6. The molecule has 0 aliphatic heterocycles. The maximum Gasteiger partial charge on any atom is 0.308 e. The zero-order chi connectivity index (χ0) is 20.9. The van der Waals surface area contributed by atoms with Crippen molar-refractivity contribution in [3.05, 3.63) is 70.0 Å². The number of amides is 1. The predicted molar refractivity (Wildman–Crippen MR) is 116 cm³/mol. The Balaban J connectivity index is 1.63. The van der Waals surface area contributed by atoms with Crippen LogP contribution in [0.2, 0.25) is 0 Å². The van der Waals surface area contributed by atoms with Crippen LogP contribution in [0.1, 0.15) is 51.9 Å². The second-order valence-electron chi connectivity index (χ2n) is 7.04. The SMILES string of the molecule is CC(=O)Oc1ccccc1C=Nc1sc2c(c1C(=O)NCc1ccco1)CCCC2. The number of benzene rings is 1. The van der Waals surface area contributed by atoms with E-state index in [1.807, 2.05) is 18.2 Å². The molecule has 0 fully saturated rings. The molecular formula is C23H22N2O4S. The number of fused-ring (bicyclic) bond motifs is 1. The van der Waals surface area contributed by atoms with E-state index in [1.165, 1.54) is 11.8 Å². The average molecular weight is 423 g/mol. The molecule has 6 nitrogen and oxygen atoms in total. The number of aryl methyl sites for hydroxylation is 1. The van der Waals surface area contributed by atoms with E-state index in [0.29, 0.717) is 34.2 Å². The summed E-state index contributed by atoms with van der Waals surface area (Å²) in [5.41, 5.74) is 2.42. The number of nitrogens with one attached hydrogen (secondary N) is 1. The fourth-order valence-corrected chi connectivity index (χ4v) is 4.74. The van der Waals surface area contributed by atoms with Crippen molar-refractivity contribution in [1.29, 1.82) is 0 Å². The second kappa shape index (κ2) is 9.09. The minimum Gasteiger partial charge on any atom is -0.467 e. The summed E-state index contributed by atoms with van der Waals surface area (Å²) in [7, 11) is 0. The molecule has 154 valence electrons. The standard InChI is InChI=1S/C23H22N2O4S/c1-15(26)29-19-10-4-2-7-16(19)13-25-23-21(18-9-3-5-11-20(18)30-23)22(27)24-14-17-8-6-12-28-17/h2,4,6-8,10,12-13H,3,5,9,11,14H2,1H3,(H,24,27). The number of esters is 1. The van der Waals surface area contributed by atoms with Crippen LogP contribution in [0.4, 0.5) is 5.00 Å². The molecule has 4 rings (SSSR count). The molecular weight excluding hydrogens is 400 g/mol. The fourth-order valence-electron chi connectivity index (χ4n) is 3.51. The average Bonchev–Trinajstić information content (AvgIpc) is 3.38. The van der Waals surface area contributed by atoms with Crippen molar-refractivity contribution in [2.24, 2.45) is 4.99 Å². The van der Waals surface area contributed by atoms with Gasteiger partial charge in [-0.3, -0.25) is 9.59 Å². The Morgan fingerprint density at radius 3 is 2.83 bits per heavy atom. The van der Waals surface area contributed by atoms with Gasteiger partial charge in [-0.15, -0.1) is 11.3 Å². The summed E-state index contributed by atoms with van der Waals surface area (Å²) in [5.74, 6) is 0.610. The van der Waals surface area contributed by atoms with Gasteiger partial charge in [-0.05, 0) is 55.5 Å². The Morgan fingerprint density at radius 2 is 2.03 bits per heavy atom. The van der Waals surface area contributed by atoms with E-state index in [-0.39, 0.29) is 11.9 Å². The lowest BCUT2D eigenvalue weighted by molar-refractivity contribution is -0.131. The van der Waals surface area contributed by atoms with Gasteiger partial charge in [0, 0.05) is 23.6 Å². The highest BCUT2D eigenvalue weighted by Gasteiger charge is 2.25. The van der Waals surface area contributed by atoms with Gasteiger partial charge in [0.25, 0.3) is 5.91 Å². The Hall–Kier alpha value is -3.19. The normalized spacial score (nSPS) is 13.2. The Morgan fingerprint density at radius 1 is 1.20 bits per heavy atom. The molecule has 30 heavy (non-hydrogen) atoms. The minimum atomic E-state index is -0.388.